The topological polar surface area (TPSA) is 52.3 Å². The molecule has 0 radical (unpaired) electrons. The number of hydrogen-bond donors (Lipinski definition) is 0. The van der Waals surface area contributed by atoms with Gasteiger partial charge in [-0.25, -0.2) is 0 Å². The number of rotatable bonds is 3. The third-order valence-electron chi connectivity index (χ3n) is 3.04. The Labute approximate surface area is 110 Å². The van der Waals surface area contributed by atoms with Crippen molar-refractivity contribution in [1.82, 2.24) is 4.98 Å². The molecule has 0 unspecified atom stereocenters. The summed E-state index contributed by atoms with van der Waals surface area (Å²) in [5.74, 6) is -0.235. The van der Waals surface area contributed by atoms with E-state index in [1.807, 2.05) is 24.3 Å². The number of esters is 1. The van der Waals surface area contributed by atoms with Crippen molar-refractivity contribution in [3.63, 3.8) is 0 Å². The molecule has 0 aliphatic rings. The van der Waals surface area contributed by atoms with E-state index >= 15 is 0 Å². The van der Waals surface area contributed by atoms with Crippen LogP contribution in [0.4, 0.5) is 0 Å². The molecule has 1 aromatic carbocycles. The van der Waals surface area contributed by atoms with Gasteiger partial charge >= 0.3 is 5.97 Å². The Morgan fingerprint density at radius 2 is 2.26 bits per heavy atom. The number of benzene rings is 1. The standard InChI is InChI=1S/C15H13NO3/c1-2-18-14(17)8-10-9-16-12-5-6-13-11(15(10)12)4-3-7-19-13/h3-7,9H,2,8H2,1H3. The molecule has 2 heterocycles. The predicted octanol–water partition coefficient (Wildman–Crippen LogP) is 3.09. The molecule has 0 aliphatic heterocycles. The minimum atomic E-state index is -0.235. The van der Waals surface area contributed by atoms with Crippen LogP contribution in [0.2, 0.25) is 0 Å². The zero-order valence-electron chi connectivity index (χ0n) is 10.6. The molecule has 0 spiro atoms. The lowest BCUT2D eigenvalue weighted by Crippen LogP contribution is -2.07. The molecule has 0 saturated heterocycles. The maximum Gasteiger partial charge on any atom is 0.310 e. The summed E-state index contributed by atoms with van der Waals surface area (Å²) in [6.07, 6.45) is 3.60. The largest absolute Gasteiger partial charge is 0.466 e. The Balaban J connectivity index is 2.15. The van der Waals surface area contributed by atoms with E-state index in [2.05, 4.69) is 4.98 Å². The molecule has 0 aliphatic carbocycles. The fraction of sp³-hybridized carbons (Fsp3) is 0.200. The lowest BCUT2D eigenvalue weighted by atomic mass is 10.1. The predicted molar refractivity (Wildman–Crippen MR) is 71.9 cm³/mol. The van der Waals surface area contributed by atoms with Gasteiger partial charge < -0.3 is 9.15 Å². The second-order valence-corrected chi connectivity index (χ2v) is 4.25. The first-order chi connectivity index (χ1) is 9.29. The van der Waals surface area contributed by atoms with Crippen LogP contribution in [0.5, 0.6) is 0 Å². The zero-order chi connectivity index (χ0) is 13.2. The molecule has 3 rings (SSSR count). The summed E-state index contributed by atoms with van der Waals surface area (Å²) in [5.41, 5.74) is 2.53. The quantitative estimate of drug-likeness (QED) is 0.675. The van der Waals surface area contributed by atoms with E-state index in [1.54, 1.807) is 19.4 Å². The van der Waals surface area contributed by atoms with Crippen LogP contribution in [0.1, 0.15) is 12.5 Å². The van der Waals surface area contributed by atoms with Crippen LogP contribution < -0.4 is 0 Å². The SMILES string of the molecule is CCOC(=O)Cc1cnc2ccc3occcc3c12. The van der Waals surface area contributed by atoms with Crippen molar-refractivity contribution >= 4 is 27.8 Å². The van der Waals surface area contributed by atoms with E-state index < -0.39 is 0 Å². The van der Waals surface area contributed by atoms with E-state index in [9.17, 15) is 4.79 Å². The Morgan fingerprint density at radius 1 is 1.37 bits per heavy atom. The number of aromatic nitrogens is 1. The fourth-order valence-electron chi connectivity index (χ4n) is 2.26. The van der Waals surface area contributed by atoms with Gasteiger partial charge in [-0.1, -0.05) is 0 Å². The molecule has 4 heteroatoms. The van der Waals surface area contributed by atoms with Gasteiger partial charge in [-0.05, 0) is 36.8 Å². The van der Waals surface area contributed by atoms with E-state index in [0.29, 0.717) is 6.61 Å². The molecule has 19 heavy (non-hydrogen) atoms. The van der Waals surface area contributed by atoms with Crippen LogP contribution in [0.25, 0.3) is 21.9 Å². The third-order valence-corrected chi connectivity index (χ3v) is 3.04. The van der Waals surface area contributed by atoms with Crippen molar-refractivity contribution in [2.75, 3.05) is 6.61 Å². The Kier molecular flexibility index (Phi) is 2.91. The molecule has 0 amide bonds. The summed E-state index contributed by atoms with van der Waals surface area (Å²) in [6, 6.07) is 7.59. The monoisotopic (exact) mass is 255 g/mol. The van der Waals surface area contributed by atoms with Crippen molar-refractivity contribution in [1.29, 1.82) is 0 Å². The highest BCUT2D eigenvalue weighted by atomic mass is 16.5. The van der Waals surface area contributed by atoms with E-state index in [-0.39, 0.29) is 12.4 Å². The Morgan fingerprint density at radius 3 is 3.11 bits per heavy atom. The molecule has 0 saturated carbocycles. The van der Waals surface area contributed by atoms with E-state index in [4.69, 9.17) is 9.15 Å². The van der Waals surface area contributed by atoms with Crippen LogP contribution in [0, 0.1) is 0 Å². The summed E-state index contributed by atoms with van der Waals surface area (Å²) < 4.78 is 10.4. The van der Waals surface area contributed by atoms with Crippen LogP contribution in [0.15, 0.2) is 41.1 Å². The number of fused-ring (bicyclic) bond motifs is 3. The van der Waals surface area contributed by atoms with Crippen molar-refractivity contribution in [3.8, 4) is 0 Å². The van der Waals surface area contributed by atoms with Crippen molar-refractivity contribution < 1.29 is 13.9 Å². The van der Waals surface area contributed by atoms with Gasteiger partial charge in [0.2, 0.25) is 0 Å². The molecule has 2 aromatic heterocycles. The molecule has 0 N–H and O–H groups in total. The zero-order valence-corrected chi connectivity index (χ0v) is 10.6. The highest BCUT2D eigenvalue weighted by Gasteiger charge is 2.13. The van der Waals surface area contributed by atoms with Gasteiger partial charge in [0.25, 0.3) is 0 Å². The summed E-state index contributed by atoms with van der Waals surface area (Å²) >= 11 is 0. The van der Waals surface area contributed by atoms with Crippen molar-refractivity contribution in [2.24, 2.45) is 0 Å². The maximum atomic E-state index is 11.6. The summed E-state index contributed by atoms with van der Waals surface area (Å²) in [7, 11) is 0. The first kappa shape index (κ1) is 11.7. The normalized spacial score (nSPS) is 11.0. The third kappa shape index (κ3) is 2.05. The average Bonchev–Trinajstić information content (AvgIpc) is 2.82. The van der Waals surface area contributed by atoms with Gasteiger partial charge in [-0.3, -0.25) is 9.78 Å². The first-order valence-electron chi connectivity index (χ1n) is 6.19. The molecule has 0 fully saturated rings. The van der Waals surface area contributed by atoms with Gasteiger partial charge in [0.15, 0.2) is 0 Å². The molecule has 0 bridgehead atoms. The summed E-state index contributed by atoms with van der Waals surface area (Å²) in [5, 5.41) is 1.94. The first-order valence-corrected chi connectivity index (χ1v) is 6.19. The Bertz CT molecular complexity index is 745. The highest BCUT2D eigenvalue weighted by molar-refractivity contribution is 6.07. The van der Waals surface area contributed by atoms with Gasteiger partial charge in [0.1, 0.15) is 5.58 Å². The van der Waals surface area contributed by atoms with Gasteiger partial charge in [-0.15, -0.1) is 0 Å². The molecular weight excluding hydrogens is 242 g/mol. The van der Waals surface area contributed by atoms with Crippen molar-refractivity contribution in [3.05, 3.63) is 42.3 Å². The summed E-state index contributed by atoms with van der Waals surface area (Å²) in [6.45, 7) is 2.19. The summed E-state index contributed by atoms with van der Waals surface area (Å²) in [4.78, 5) is 15.9. The maximum absolute atomic E-state index is 11.6. The Hall–Kier alpha value is -2.36. The number of carbonyl (C=O) groups is 1. The van der Waals surface area contributed by atoms with Gasteiger partial charge in [0.05, 0.1) is 24.8 Å². The second kappa shape index (κ2) is 4.72. The average molecular weight is 255 g/mol. The highest BCUT2D eigenvalue weighted by Crippen LogP contribution is 2.28. The van der Waals surface area contributed by atoms with Crippen molar-refractivity contribution in [2.45, 2.75) is 13.3 Å². The molecule has 3 aromatic rings. The van der Waals surface area contributed by atoms with Crippen LogP contribution in [0.3, 0.4) is 0 Å². The van der Waals surface area contributed by atoms with E-state index in [1.165, 1.54) is 0 Å². The second-order valence-electron chi connectivity index (χ2n) is 4.25. The van der Waals surface area contributed by atoms with Crippen LogP contribution in [-0.4, -0.2) is 17.6 Å². The van der Waals surface area contributed by atoms with E-state index in [0.717, 1.165) is 27.4 Å². The minimum absolute atomic E-state index is 0.234. The number of nitrogens with zero attached hydrogens (tertiary/aromatic N) is 1. The molecular formula is C15H13NO3. The molecule has 4 nitrogen and oxygen atoms in total. The smallest absolute Gasteiger partial charge is 0.310 e. The van der Waals surface area contributed by atoms with Gasteiger partial charge in [-0.2, -0.15) is 0 Å². The fourth-order valence-corrected chi connectivity index (χ4v) is 2.26. The van der Waals surface area contributed by atoms with Crippen LogP contribution in [-0.2, 0) is 16.0 Å². The van der Waals surface area contributed by atoms with Crippen LogP contribution >= 0.6 is 0 Å². The molecule has 96 valence electrons. The number of carbonyl (C=O) groups excluding carboxylic acids is 1. The lowest BCUT2D eigenvalue weighted by molar-refractivity contribution is -0.142. The lowest BCUT2D eigenvalue weighted by Gasteiger charge is -2.03. The minimum Gasteiger partial charge on any atom is -0.466 e. The molecule has 0 atom stereocenters. The van der Waals surface area contributed by atoms with Gasteiger partial charge in [0, 0.05) is 17.0 Å². The number of hydrogen-bond acceptors (Lipinski definition) is 4. The number of ether oxygens (including phenoxy) is 1.